The van der Waals surface area contributed by atoms with Gasteiger partial charge < -0.3 is 10.0 Å². The molecule has 1 heterocycles. The summed E-state index contributed by atoms with van der Waals surface area (Å²) < 4.78 is 0. The van der Waals surface area contributed by atoms with Crippen molar-refractivity contribution in [3.63, 3.8) is 0 Å². The van der Waals surface area contributed by atoms with E-state index in [1.54, 1.807) is 12.3 Å². The van der Waals surface area contributed by atoms with E-state index in [-0.39, 0.29) is 5.56 Å². The number of carbonyl (C=O) groups is 1. The van der Waals surface area contributed by atoms with Crippen LogP contribution in [0.25, 0.3) is 6.08 Å². The molecule has 7 nitrogen and oxygen atoms in total. The lowest BCUT2D eigenvalue weighted by atomic mass is 10.1. The normalized spacial score (nSPS) is 10.7. The summed E-state index contributed by atoms with van der Waals surface area (Å²) in [6.07, 6.45) is 4.51. The van der Waals surface area contributed by atoms with Gasteiger partial charge in [-0.05, 0) is 42.0 Å². The highest BCUT2D eigenvalue weighted by molar-refractivity contribution is 6.07. The summed E-state index contributed by atoms with van der Waals surface area (Å²) in [5.41, 5.74) is 0.363. The number of hydrogen-bond acceptors (Lipinski definition) is 6. The molecule has 0 aliphatic carbocycles. The van der Waals surface area contributed by atoms with Crippen molar-refractivity contribution < 1.29 is 14.8 Å². The number of allylic oxidation sites excluding steroid dienone is 1. The van der Waals surface area contributed by atoms with Crippen molar-refractivity contribution in [2.75, 3.05) is 19.0 Å². The van der Waals surface area contributed by atoms with E-state index in [0.717, 1.165) is 23.5 Å². The van der Waals surface area contributed by atoms with Gasteiger partial charge in [-0.2, -0.15) is 0 Å². The van der Waals surface area contributed by atoms with Gasteiger partial charge in [0, 0.05) is 31.9 Å². The highest BCUT2D eigenvalue weighted by atomic mass is 16.6. The van der Waals surface area contributed by atoms with Crippen molar-refractivity contribution in [3.05, 3.63) is 63.8 Å². The van der Waals surface area contributed by atoms with Crippen LogP contribution in [0.2, 0.25) is 0 Å². The van der Waals surface area contributed by atoms with E-state index in [0.29, 0.717) is 0 Å². The maximum Gasteiger partial charge on any atom is 0.311 e. The standard InChI is InChI=1S/C16H15N3O4/c1-18(2)16-8-4-11(10-17-16)3-6-14(20)12-5-7-15(21)13(9-12)19(22)23/h3-10,21H,1-2H3/b6-3+. The van der Waals surface area contributed by atoms with Crippen molar-refractivity contribution in [1.29, 1.82) is 0 Å². The Balaban J connectivity index is 2.18. The lowest BCUT2D eigenvalue weighted by Gasteiger charge is -2.10. The minimum absolute atomic E-state index is 0.128. The van der Waals surface area contributed by atoms with Gasteiger partial charge in [0.05, 0.1) is 4.92 Å². The topological polar surface area (TPSA) is 96.6 Å². The Labute approximate surface area is 132 Å². The first-order chi connectivity index (χ1) is 10.9. The van der Waals surface area contributed by atoms with Crippen LogP contribution in [-0.2, 0) is 0 Å². The molecular formula is C16H15N3O4. The molecule has 0 saturated heterocycles. The van der Waals surface area contributed by atoms with Gasteiger partial charge in [0.2, 0.25) is 0 Å². The molecule has 1 N–H and O–H groups in total. The van der Waals surface area contributed by atoms with Crippen LogP contribution in [0.5, 0.6) is 5.75 Å². The fourth-order valence-electron chi connectivity index (χ4n) is 1.85. The molecule has 1 aromatic carbocycles. The Morgan fingerprint density at radius 1 is 1.30 bits per heavy atom. The van der Waals surface area contributed by atoms with Crippen molar-refractivity contribution in [1.82, 2.24) is 4.98 Å². The summed E-state index contributed by atoms with van der Waals surface area (Å²) in [6.45, 7) is 0. The largest absolute Gasteiger partial charge is 0.502 e. The third kappa shape index (κ3) is 3.91. The van der Waals surface area contributed by atoms with Crippen LogP contribution in [0, 0.1) is 10.1 Å². The van der Waals surface area contributed by atoms with Crippen LogP contribution >= 0.6 is 0 Å². The van der Waals surface area contributed by atoms with E-state index < -0.39 is 22.1 Å². The van der Waals surface area contributed by atoms with Crippen LogP contribution in [0.15, 0.2) is 42.6 Å². The molecule has 23 heavy (non-hydrogen) atoms. The second-order valence-electron chi connectivity index (χ2n) is 5.00. The fourth-order valence-corrected chi connectivity index (χ4v) is 1.85. The number of pyridine rings is 1. The highest BCUT2D eigenvalue weighted by Gasteiger charge is 2.15. The Kier molecular flexibility index (Phi) is 4.70. The molecule has 0 radical (unpaired) electrons. The summed E-state index contributed by atoms with van der Waals surface area (Å²) in [4.78, 5) is 28.2. The molecule has 0 aliphatic rings. The molecule has 118 valence electrons. The minimum atomic E-state index is -0.736. The lowest BCUT2D eigenvalue weighted by molar-refractivity contribution is -0.385. The van der Waals surface area contributed by atoms with E-state index >= 15 is 0 Å². The molecule has 0 bridgehead atoms. The molecule has 2 rings (SSSR count). The molecule has 0 saturated carbocycles. The Bertz CT molecular complexity index is 767. The number of phenols is 1. The summed E-state index contributed by atoms with van der Waals surface area (Å²) in [6, 6.07) is 7.14. The van der Waals surface area contributed by atoms with Gasteiger partial charge in [-0.15, -0.1) is 0 Å². The van der Waals surface area contributed by atoms with Gasteiger partial charge in [-0.3, -0.25) is 14.9 Å². The van der Waals surface area contributed by atoms with Gasteiger partial charge >= 0.3 is 5.69 Å². The first-order valence-corrected chi connectivity index (χ1v) is 6.71. The maximum absolute atomic E-state index is 12.1. The van der Waals surface area contributed by atoms with E-state index in [4.69, 9.17) is 0 Å². The first-order valence-electron chi connectivity index (χ1n) is 6.71. The molecule has 0 amide bonds. The predicted octanol–water partition coefficient (Wildman–Crippen LogP) is 2.66. The van der Waals surface area contributed by atoms with E-state index in [9.17, 15) is 20.0 Å². The number of nitrogens with zero attached hydrogens (tertiary/aromatic N) is 3. The van der Waals surface area contributed by atoms with Crippen molar-refractivity contribution >= 4 is 23.4 Å². The number of hydrogen-bond donors (Lipinski definition) is 1. The number of benzene rings is 1. The van der Waals surface area contributed by atoms with Crippen LogP contribution in [0.4, 0.5) is 11.5 Å². The third-order valence-electron chi connectivity index (χ3n) is 3.11. The molecule has 1 aromatic heterocycles. The Hall–Kier alpha value is -3.22. The maximum atomic E-state index is 12.1. The number of ketones is 1. The second kappa shape index (κ2) is 6.69. The monoisotopic (exact) mass is 313 g/mol. The quantitative estimate of drug-likeness (QED) is 0.394. The van der Waals surface area contributed by atoms with Crippen LogP contribution in [0.3, 0.4) is 0 Å². The van der Waals surface area contributed by atoms with Gasteiger partial charge in [0.1, 0.15) is 5.82 Å². The molecule has 0 fully saturated rings. The zero-order valence-corrected chi connectivity index (χ0v) is 12.6. The van der Waals surface area contributed by atoms with Gasteiger partial charge in [0.15, 0.2) is 11.5 Å². The molecule has 0 spiro atoms. The van der Waals surface area contributed by atoms with E-state index in [1.807, 2.05) is 31.1 Å². The number of phenolic OH excluding ortho intramolecular Hbond substituents is 1. The van der Waals surface area contributed by atoms with E-state index in [2.05, 4.69) is 4.98 Å². The van der Waals surface area contributed by atoms with Crippen molar-refractivity contribution in [2.45, 2.75) is 0 Å². The Morgan fingerprint density at radius 2 is 2.04 bits per heavy atom. The summed E-state index contributed by atoms with van der Waals surface area (Å²) in [5.74, 6) is -0.0774. The van der Waals surface area contributed by atoms with Crippen molar-refractivity contribution in [2.24, 2.45) is 0 Å². The molecular weight excluding hydrogens is 298 g/mol. The second-order valence-corrected chi connectivity index (χ2v) is 5.00. The summed E-state index contributed by atoms with van der Waals surface area (Å²) in [5, 5.41) is 20.1. The molecule has 0 aliphatic heterocycles. The smallest absolute Gasteiger partial charge is 0.311 e. The van der Waals surface area contributed by atoms with Crippen LogP contribution in [-0.4, -0.2) is 34.9 Å². The number of rotatable bonds is 5. The number of aromatic nitrogens is 1. The Morgan fingerprint density at radius 3 is 2.61 bits per heavy atom. The minimum Gasteiger partial charge on any atom is -0.502 e. The van der Waals surface area contributed by atoms with Crippen LogP contribution in [0.1, 0.15) is 15.9 Å². The average Bonchev–Trinajstić information content (AvgIpc) is 2.53. The number of carbonyl (C=O) groups excluding carboxylic acids is 1. The van der Waals surface area contributed by atoms with Crippen molar-refractivity contribution in [3.8, 4) is 5.75 Å². The number of anilines is 1. The highest BCUT2D eigenvalue weighted by Crippen LogP contribution is 2.26. The average molecular weight is 313 g/mol. The summed E-state index contributed by atoms with van der Waals surface area (Å²) in [7, 11) is 3.75. The summed E-state index contributed by atoms with van der Waals surface area (Å²) >= 11 is 0. The van der Waals surface area contributed by atoms with Gasteiger partial charge in [-0.1, -0.05) is 0 Å². The number of aromatic hydroxyl groups is 1. The molecule has 7 heteroatoms. The number of nitro groups is 1. The molecule has 0 atom stereocenters. The zero-order valence-electron chi connectivity index (χ0n) is 12.6. The SMILES string of the molecule is CN(C)c1ccc(/C=C/C(=O)c2ccc(O)c([N+](=O)[O-])c2)cn1. The lowest BCUT2D eigenvalue weighted by Crippen LogP contribution is -2.10. The molecule has 2 aromatic rings. The fraction of sp³-hybridized carbons (Fsp3) is 0.125. The predicted molar refractivity (Wildman–Crippen MR) is 86.7 cm³/mol. The molecule has 0 unspecified atom stereocenters. The van der Waals surface area contributed by atoms with E-state index in [1.165, 1.54) is 12.1 Å². The zero-order chi connectivity index (χ0) is 17.0. The van der Waals surface area contributed by atoms with Crippen LogP contribution < -0.4 is 4.90 Å². The van der Waals surface area contributed by atoms with Gasteiger partial charge in [-0.25, -0.2) is 4.98 Å². The third-order valence-corrected chi connectivity index (χ3v) is 3.11. The first kappa shape index (κ1) is 16.2. The number of nitro benzene ring substituents is 1. The van der Waals surface area contributed by atoms with Gasteiger partial charge in [0.25, 0.3) is 0 Å².